The van der Waals surface area contributed by atoms with Gasteiger partial charge < -0.3 is 4.74 Å². The van der Waals surface area contributed by atoms with Gasteiger partial charge in [-0.2, -0.15) is 5.10 Å². The minimum Gasteiger partial charge on any atom is -0.462 e. The number of aromatic nitrogens is 6. The van der Waals surface area contributed by atoms with Crippen LogP contribution in [0.2, 0.25) is 0 Å². The van der Waals surface area contributed by atoms with Crippen LogP contribution in [-0.2, 0) is 23.2 Å². The molecule has 0 atom stereocenters. The Kier molecular flexibility index (Phi) is 10.4. The molecule has 0 unspecified atom stereocenters. The van der Waals surface area contributed by atoms with Gasteiger partial charge in [0.05, 0.1) is 18.0 Å². The first-order chi connectivity index (χ1) is 25.9. The first-order valence-corrected chi connectivity index (χ1v) is 18.4. The van der Waals surface area contributed by atoms with Gasteiger partial charge in [-0.15, -0.1) is 15.0 Å². The van der Waals surface area contributed by atoms with Gasteiger partial charge in [0, 0.05) is 18.5 Å². The highest BCUT2D eigenvalue weighted by Crippen LogP contribution is 2.40. The molecule has 0 aliphatic rings. The van der Waals surface area contributed by atoms with Crippen molar-refractivity contribution in [3.8, 4) is 22.5 Å². The number of carbonyl (C=O) groups excluding carboxylic acids is 1. The van der Waals surface area contributed by atoms with Crippen molar-refractivity contribution in [2.24, 2.45) is 0 Å². The fourth-order valence-electron chi connectivity index (χ4n) is 7.20. The largest absolute Gasteiger partial charge is 0.462 e. The fraction of sp³-hybridized carbons (Fsp3) is 0.222. The molecule has 0 saturated carbocycles. The number of hydrogen-bond acceptors (Lipinski definition) is 6. The van der Waals surface area contributed by atoms with Crippen molar-refractivity contribution in [3.05, 3.63) is 179 Å². The Morgan fingerprint density at radius 3 is 1.77 bits per heavy atom. The third-order valence-corrected chi connectivity index (χ3v) is 9.64. The molecule has 0 aliphatic heterocycles. The molecular formula is C45H44N6O2. The van der Waals surface area contributed by atoms with Crippen LogP contribution in [0.15, 0.2) is 140 Å². The number of esters is 1. The highest BCUT2D eigenvalue weighted by Gasteiger charge is 2.41. The van der Waals surface area contributed by atoms with Gasteiger partial charge in [-0.25, -0.2) is 4.79 Å². The Morgan fingerprint density at radius 2 is 1.25 bits per heavy atom. The van der Waals surface area contributed by atoms with Crippen LogP contribution in [-0.4, -0.2) is 42.6 Å². The van der Waals surface area contributed by atoms with E-state index in [1.165, 1.54) is 0 Å². The second-order valence-electron chi connectivity index (χ2n) is 13.4. The molecule has 0 saturated heterocycles. The maximum Gasteiger partial charge on any atom is 0.341 e. The van der Waals surface area contributed by atoms with Crippen molar-refractivity contribution in [2.45, 2.75) is 58.5 Å². The number of nitrogens with zero attached hydrogens (tertiary/aromatic N) is 6. The van der Waals surface area contributed by atoms with Gasteiger partial charge in [-0.3, -0.25) is 4.68 Å². The summed E-state index contributed by atoms with van der Waals surface area (Å²) < 4.78 is 7.49. The Bertz CT molecular complexity index is 2180. The Hall–Kier alpha value is -6.15. The molecule has 0 radical (unpaired) electrons. The first kappa shape index (κ1) is 35.3. The quantitative estimate of drug-likeness (QED) is 0.0880. The summed E-state index contributed by atoms with van der Waals surface area (Å²) in [4.78, 5) is 15.0. The summed E-state index contributed by atoms with van der Waals surface area (Å²) in [5, 5.41) is 19.5. The maximum absolute atomic E-state index is 13.2. The monoisotopic (exact) mass is 700 g/mol. The Balaban J connectivity index is 1.28. The molecule has 0 aliphatic carbocycles. The molecule has 0 N–H and O–H groups in total. The number of carbonyl (C=O) groups is 1. The molecule has 7 rings (SSSR count). The van der Waals surface area contributed by atoms with Crippen LogP contribution in [0.25, 0.3) is 22.5 Å². The SMILES string of the molecule is CCCn1nc(C(C)C)c(C(=O)OCC)c1Cc1ccc(-c2ccccc2-c2nnn(C(c3ccccc3)(c3ccccc3)c3ccccc3)n2)cc1. The average molecular weight is 701 g/mol. The van der Waals surface area contributed by atoms with E-state index in [-0.39, 0.29) is 11.9 Å². The Labute approximate surface area is 311 Å². The smallest absolute Gasteiger partial charge is 0.341 e. The van der Waals surface area contributed by atoms with Crippen LogP contribution in [0.3, 0.4) is 0 Å². The van der Waals surface area contributed by atoms with Crippen LogP contribution in [0.1, 0.15) is 84.0 Å². The number of aryl methyl sites for hydroxylation is 1. The summed E-state index contributed by atoms with van der Waals surface area (Å²) >= 11 is 0. The lowest BCUT2D eigenvalue weighted by Gasteiger charge is -2.34. The molecule has 8 nitrogen and oxygen atoms in total. The van der Waals surface area contributed by atoms with Crippen LogP contribution in [0.5, 0.6) is 0 Å². The lowest BCUT2D eigenvalue weighted by atomic mass is 9.77. The van der Waals surface area contributed by atoms with E-state index in [0.717, 1.165) is 63.3 Å². The molecular weight excluding hydrogens is 657 g/mol. The maximum atomic E-state index is 13.2. The van der Waals surface area contributed by atoms with E-state index in [1.807, 2.05) is 84.4 Å². The van der Waals surface area contributed by atoms with Gasteiger partial charge in [0.2, 0.25) is 5.82 Å². The van der Waals surface area contributed by atoms with Gasteiger partial charge in [0.25, 0.3) is 0 Å². The van der Waals surface area contributed by atoms with Crippen LogP contribution in [0, 0.1) is 0 Å². The molecule has 5 aromatic carbocycles. The van der Waals surface area contributed by atoms with Gasteiger partial charge in [-0.1, -0.05) is 160 Å². The highest BCUT2D eigenvalue weighted by atomic mass is 16.5. The van der Waals surface area contributed by atoms with E-state index < -0.39 is 5.54 Å². The second-order valence-corrected chi connectivity index (χ2v) is 13.4. The molecule has 0 fully saturated rings. The lowest BCUT2D eigenvalue weighted by Crippen LogP contribution is -2.39. The van der Waals surface area contributed by atoms with Crippen molar-refractivity contribution in [1.82, 2.24) is 30.0 Å². The van der Waals surface area contributed by atoms with E-state index in [4.69, 9.17) is 25.2 Å². The summed E-state index contributed by atoms with van der Waals surface area (Å²) in [5.41, 5.74) is 8.45. The molecule has 0 bridgehead atoms. The molecule has 8 heteroatoms. The molecule has 266 valence electrons. The molecule has 53 heavy (non-hydrogen) atoms. The minimum atomic E-state index is -0.867. The summed E-state index contributed by atoms with van der Waals surface area (Å²) in [6.45, 7) is 9.13. The van der Waals surface area contributed by atoms with Crippen molar-refractivity contribution in [3.63, 3.8) is 0 Å². The zero-order valence-electron chi connectivity index (χ0n) is 30.7. The summed E-state index contributed by atoms with van der Waals surface area (Å²) in [7, 11) is 0. The van der Waals surface area contributed by atoms with E-state index in [9.17, 15) is 4.79 Å². The number of hydrogen-bond donors (Lipinski definition) is 0. The predicted octanol–water partition coefficient (Wildman–Crippen LogP) is 9.34. The predicted molar refractivity (Wildman–Crippen MR) is 209 cm³/mol. The fourth-order valence-corrected chi connectivity index (χ4v) is 7.20. The Morgan fingerprint density at radius 1 is 0.698 bits per heavy atom. The summed E-state index contributed by atoms with van der Waals surface area (Å²) in [6.07, 6.45) is 1.47. The van der Waals surface area contributed by atoms with E-state index in [1.54, 1.807) is 4.80 Å². The highest BCUT2D eigenvalue weighted by molar-refractivity contribution is 5.92. The van der Waals surface area contributed by atoms with Gasteiger partial charge >= 0.3 is 5.97 Å². The molecule has 2 aromatic heterocycles. The second kappa shape index (κ2) is 15.6. The molecule has 0 spiro atoms. The molecule has 0 amide bonds. The first-order valence-electron chi connectivity index (χ1n) is 18.4. The topological polar surface area (TPSA) is 87.7 Å². The third kappa shape index (κ3) is 6.80. The molecule has 7 aromatic rings. The van der Waals surface area contributed by atoms with Crippen molar-refractivity contribution in [2.75, 3.05) is 6.61 Å². The summed E-state index contributed by atoms with van der Waals surface area (Å²) in [5.74, 6) is 0.311. The van der Waals surface area contributed by atoms with Gasteiger partial charge in [0.15, 0.2) is 5.54 Å². The van der Waals surface area contributed by atoms with Crippen molar-refractivity contribution in [1.29, 1.82) is 0 Å². The third-order valence-electron chi connectivity index (χ3n) is 9.64. The average Bonchev–Trinajstić information content (AvgIpc) is 3.83. The van der Waals surface area contributed by atoms with Crippen LogP contribution >= 0.6 is 0 Å². The lowest BCUT2D eigenvalue weighted by molar-refractivity contribution is 0.0523. The van der Waals surface area contributed by atoms with E-state index >= 15 is 0 Å². The number of tetrazole rings is 1. The minimum absolute atomic E-state index is 0.0925. The number of benzene rings is 5. The van der Waals surface area contributed by atoms with Crippen LogP contribution in [0.4, 0.5) is 0 Å². The van der Waals surface area contributed by atoms with Crippen molar-refractivity contribution < 1.29 is 9.53 Å². The number of ether oxygens (including phenoxy) is 1. The molecule has 2 heterocycles. The summed E-state index contributed by atoms with van der Waals surface area (Å²) in [6, 6.07) is 47.7. The zero-order chi connectivity index (χ0) is 36.8. The van der Waals surface area contributed by atoms with Gasteiger partial charge in [0.1, 0.15) is 5.56 Å². The standard InChI is InChI=1S/C45H44N6O2/c1-5-30-50-40(41(44(52)53-6-2)42(47-50)32(3)4)31-33-26-28-34(29-27-33)38-24-16-17-25-39(38)43-46-49-51(48-43)45(35-18-10-7-11-19-35,36-20-12-8-13-21-36)37-22-14-9-15-23-37/h7-29,32H,5-6,30-31H2,1-4H3. The van der Waals surface area contributed by atoms with Gasteiger partial charge in [-0.05, 0) is 57.9 Å². The van der Waals surface area contributed by atoms with E-state index in [0.29, 0.717) is 24.4 Å². The van der Waals surface area contributed by atoms with Crippen molar-refractivity contribution >= 4 is 5.97 Å². The van der Waals surface area contributed by atoms with Crippen LogP contribution < -0.4 is 0 Å². The number of rotatable bonds is 13. The van der Waals surface area contributed by atoms with E-state index in [2.05, 4.69) is 87.5 Å². The normalized spacial score (nSPS) is 11.6. The zero-order valence-corrected chi connectivity index (χ0v) is 30.7.